The lowest BCUT2D eigenvalue weighted by molar-refractivity contribution is -0.163. The van der Waals surface area contributed by atoms with Crippen molar-refractivity contribution in [2.45, 2.75) is 105 Å². The fraction of sp³-hybridized carbons (Fsp3) is 0.920. The monoisotopic (exact) mass is 404 g/mol. The summed E-state index contributed by atoms with van der Waals surface area (Å²) in [5, 5.41) is 0. The molecule has 9 atom stereocenters. The van der Waals surface area contributed by atoms with Crippen LogP contribution in [0.2, 0.25) is 0 Å². The molecule has 0 unspecified atom stereocenters. The average molecular weight is 405 g/mol. The van der Waals surface area contributed by atoms with Crippen molar-refractivity contribution >= 4 is 11.9 Å². The summed E-state index contributed by atoms with van der Waals surface area (Å²) in [6, 6.07) is 0. The molecule has 4 nitrogen and oxygen atoms in total. The lowest BCUT2D eigenvalue weighted by atomic mass is 9.45. The van der Waals surface area contributed by atoms with Crippen LogP contribution in [0.5, 0.6) is 0 Å². The maximum atomic E-state index is 11.9. The number of rotatable bonds is 3. The molecule has 4 saturated carbocycles. The highest BCUT2D eigenvalue weighted by Crippen LogP contribution is 2.68. The molecule has 4 fully saturated rings. The van der Waals surface area contributed by atoms with Gasteiger partial charge in [-0.05, 0) is 86.4 Å². The molecule has 4 rings (SSSR count). The van der Waals surface area contributed by atoms with E-state index in [1.807, 2.05) is 6.92 Å². The predicted molar refractivity (Wildman–Crippen MR) is 112 cm³/mol. The van der Waals surface area contributed by atoms with Crippen LogP contribution in [0.25, 0.3) is 0 Å². The van der Waals surface area contributed by atoms with E-state index in [4.69, 9.17) is 9.47 Å². The van der Waals surface area contributed by atoms with Gasteiger partial charge in [-0.15, -0.1) is 0 Å². The molecule has 4 heteroatoms. The SMILES string of the molecule is CC(=O)O[C@H](C)[C@@H]1[C@H](OC(C)=O)C[C@@H]2[C@@H]3CC[C@H]4CCCC[C@]4(C)[C@@H]3CC[C@@]12C. The molecule has 0 N–H and O–H groups in total. The molecule has 0 bridgehead atoms. The lowest BCUT2D eigenvalue weighted by Gasteiger charge is -2.60. The van der Waals surface area contributed by atoms with Crippen LogP contribution in [0, 0.1) is 40.4 Å². The van der Waals surface area contributed by atoms with E-state index < -0.39 is 0 Å². The zero-order chi connectivity index (χ0) is 21.0. The summed E-state index contributed by atoms with van der Waals surface area (Å²) < 4.78 is 11.5. The van der Waals surface area contributed by atoms with Crippen molar-refractivity contribution in [3.8, 4) is 0 Å². The number of hydrogen-bond donors (Lipinski definition) is 0. The second kappa shape index (κ2) is 7.57. The second-order valence-electron chi connectivity index (χ2n) is 11.2. The lowest BCUT2D eigenvalue weighted by Crippen LogP contribution is -2.53. The Balaban J connectivity index is 1.64. The molecule has 164 valence electrons. The van der Waals surface area contributed by atoms with E-state index in [1.54, 1.807) is 0 Å². The predicted octanol–water partition coefficient (Wildman–Crippen LogP) is 5.53. The van der Waals surface area contributed by atoms with Crippen LogP contribution in [0.3, 0.4) is 0 Å². The summed E-state index contributed by atoms with van der Waals surface area (Å²) in [4.78, 5) is 23.6. The quantitative estimate of drug-likeness (QED) is 0.581. The Morgan fingerprint density at radius 1 is 0.897 bits per heavy atom. The van der Waals surface area contributed by atoms with E-state index >= 15 is 0 Å². The third kappa shape index (κ3) is 3.43. The van der Waals surface area contributed by atoms with Gasteiger partial charge in [-0.1, -0.05) is 26.7 Å². The molecule has 0 heterocycles. The molecule has 4 aliphatic carbocycles. The zero-order valence-corrected chi connectivity index (χ0v) is 19.0. The number of carbonyl (C=O) groups excluding carboxylic acids is 2. The first-order valence-electron chi connectivity index (χ1n) is 12.0. The number of ether oxygens (including phenoxy) is 2. The summed E-state index contributed by atoms with van der Waals surface area (Å²) >= 11 is 0. The van der Waals surface area contributed by atoms with Gasteiger partial charge in [-0.3, -0.25) is 9.59 Å². The standard InChI is InChI=1S/C25H40O4/c1-15(28-16(2)26)23-22(29-17(3)27)14-21-19-10-9-18-8-6-7-12-24(18,4)20(19)11-13-25(21,23)5/h15,18-23H,6-14H2,1-5H3/t15-,18-,19-,20-,21-,22-,23-,24+,25-/m1/s1. The minimum Gasteiger partial charge on any atom is -0.462 e. The molecule has 0 aromatic carbocycles. The van der Waals surface area contributed by atoms with Crippen LogP contribution in [-0.2, 0) is 19.1 Å². The molecule has 0 aromatic heterocycles. The van der Waals surface area contributed by atoms with Crippen LogP contribution in [0.4, 0.5) is 0 Å². The second-order valence-corrected chi connectivity index (χ2v) is 11.2. The highest BCUT2D eigenvalue weighted by molar-refractivity contribution is 5.67. The maximum absolute atomic E-state index is 11.9. The van der Waals surface area contributed by atoms with Crippen molar-refractivity contribution in [1.29, 1.82) is 0 Å². The van der Waals surface area contributed by atoms with E-state index in [1.165, 1.54) is 58.8 Å². The van der Waals surface area contributed by atoms with Crippen LogP contribution in [-0.4, -0.2) is 24.1 Å². The summed E-state index contributed by atoms with van der Waals surface area (Å²) in [7, 11) is 0. The van der Waals surface area contributed by atoms with E-state index in [0.29, 0.717) is 11.3 Å². The van der Waals surface area contributed by atoms with Gasteiger partial charge in [0.05, 0.1) is 0 Å². The molecule has 0 spiro atoms. The van der Waals surface area contributed by atoms with Crippen LogP contribution < -0.4 is 0 Å². The Labute approximate surface area is 176 Å². The van der Waals surface area contributed by atoms with E-state index in [0.717, 1.165) is 30.6 Å². The minimum absolute atomic E-state index is 0.0774. The molecular weight excluding hydrogens is 364 g/mol. The smallest absolute Gasteiger partial charge is 0.302 e. The normalized spacial score (nSPS) is 47.3. The Morgan fingerprint density at radius 2 is 1.66 bits per heavy atom. The first-order chi connectivity index (χ1) is 13.7. The summed E-state index contributed by atoms with van der Waals surface area (Å²) in [5.74, 6) is 2.64. The number of esters is 2. The van der Waals surface area contributed by atoms with Crippen molar-refractivity contribution in [2.75, 3.05) is 0 Å². The van der Waals surface area contributed by atoms with Gasteiger partial charge in [-0.2, -0.15) is 0 Å². The van der Waals surface area contributed by atoms with Crippen LogP contribution in [0.1, 0.15) is 92.4 Å². The van der Waals surface area contributed by atoms with E-state index in [9.17, 15) is 9.59 Å². The molecule has 0 aromatic rings. The summed E-state index contributed by atoms with van der Waals surface area (Å²) in [5.41, 5.74) is 0.576. The van der Waals surface area contributed by atoms with Gasteiger partial charge in [0, 0.05) is 19.8 Å². The van der Waals surface area contributed by atoms with Crippen molar-refractivity contribution in [3.05, 3.63) is 0 Å². The van der Waals surface area contributed by atoms with Gasteiger partial charge in [0.15, 0.2) is 0 Å². The van der Waals surface area contributed by atoms with E-state index in [-0.39, 0.29) is 35.5 Å². The third-order valence-corrected chi connectivity index (χ3v) is 9.84. The van der Waals surface area contributed by atoms with Crippen LogP contribution in [0.15, 0.2) is 0 Å². The molecule has 0 radical (unpaired) electrons. The molecule has 0 amide bonds. The molecular formula is C25H40O4. The Bertz CT molecular complexity index is 659. The number of carbonyl (C=O) groups is 2. The van der Waals surface area contributed by atoms with Gasteiger partial charge in [0.25, 0.3) is 0 Å². The molecule has 4 aliphatic rings. The summed E-state index contributed by atoms with van der Waals surface area (Å²) in [6.07, 6.45) is 11.3. The topological polar surface area (TPSA) is 52.6 Å². The number of hydrogen-bond acceptors (Lipinski definition) is 4. The fourth-order valence-electron chi connectivity index (χ4n) is 8.83. The fourth-order valence-corrected chi connectivity index (χ4v) is 8.83. The van der Waals surface area contributed by atoms with Crippen molar-refractivity contribution in [3.63, 3.8) is 0 Å². The first-order valence-corrected chi connectivity index (χ1v) is 12.0. The van der Waals surface area contributed by atoms with Gasteiger partial charge in [-0.25, -0.2) is 0 Å². The van der Waals surface area contributed by atoms with E-state index in [2.05, 4.69) is 13.8 Å². The van der Waals surface area contributed by atoms with Gasteiger partial charge in [0.1, 0.15) is 12.2 Å². The highest BCUT2D eigenvalue weighted by atomic mass is 16.6. The van der Waals surface area contributed by atoms with Gasteiger partial charge >= 0.3 is 11.9 Å². The first kappa shape index (κ1) is 21.2. The Hall–Kier alpha value is -1.06. The highest BCUT2D eigenvalue weighted by Gasteiger charge is 2.64. The summed E-state index contributed by atoms with van der Waals surface area (Å²) in [6.45, 7) is 9.98. The third-order valence-electron chi connectivity index (χ3n) is 9.84. The largest absolute Gasteiger partial charge is 0.462 e. The minimum atomic E-state index is -0.241. The average Bonchev–Trinajstić information content (AvgIpc) is 2.91. The molecule has 29 heavy (non-hydrogen) atoms. The van der Waals surface area contributed by atoms with Crippen molar-refractivity contribution in [1.82, 2.24) is 0 Å². The van der Waals surface area contributed by atoms with Gasteiger partial charge < -0.3 is 9.47 Å². The van der Waals surface area contributed by atoms with Crippen molar-refractivity contribution in [2.24, 2.45) is 40.4 Å². The van der Waals surface area contributed by atoms with Gasteiger partial charge in [0.2, 0.25) is 0 Å². The zero-order valence-electron chi connectivity index (χ0n) is 19.0. The molecule has 0 aliphatic heterocycles. The van der Waals surface area contributed by atoms with Crippen LogP contribution >= 0.6 is 0 Å². The Morgan fingerprint density at radius 3 is 2.34 bits per heavy atom. The molecule has 0 saturated heterocycles. The van der Waals surface area contributed by atoms with Crippen molar-refractivity contribution < 1.29 is 19.1 Å². The maximum Gasteiger partial charge on any atom is 0.302 e. The number of fused-ring (bicyclic) bond motifs is 5. The Kier molecular flexibility index (Phi) is 5.53.